The van der Waals surface area contributed by atoms with Crippen LogP contribution >= 0.6 is 0 Å². The van der Waals surface area contributed by atoms with Crippen molar-refractivity contribution in [2.24, 2.45) is 17.6 Å². The first kappa shape index (κ1) is 74.4. The zero-order chi connectivity index (χ0) is 59.6. The number of hydrogen-bond donors (Lipinski definition) is 10. The molecule has 0 aliphatic rings. The Morgan fingerprint density at radius 2 is 0.825 bits per heavy atom. The van der Waals surface area contributed by atoms with Crippen LogP contribution in [0.3, 0.4) is 0 Å². The molecule has 0 rings (SSSR count). The fourth-order valence-electron chi connectivity index (χ4n) is 8.28. The topological polar surface area (TPSA) is 392 Å². The molecule has 0 saturated heterocycles. The molecule has 0 aliphatic carbocycles. The maximum Gasteiger partial charge on any atom is 0.326 e. The molecule has 0 saturated carbocycles. The highest BCUT2D eigenvalue weighted by Crippen LogP contribution is 2.16. The van der Waals surface area contributed by atoms with E-state index in [1.165, 1.54) is 32.1 Å². The number of ketones is 2. The van der Waals surface area contributed by atoms with E-state index in [2.05, 4.69) is 26.6 Å². The van der Waals surface area contributed by atoms with Gasteiger partial charge in [0.1, 0.15) is 31.1 Å². The molecule has 25 heteroatoms. The highest BCUT2D eigenvalue weighted by molar-refractivity contribution is 5.87. The van der Waals surface area contributed by atoms with Gasteiger partial charge in [-0.3, -0.25) is 43.2 Å². The van der Waals surface area contributed by atoms with Gasteiger partial charge >= 0.3 is 23.9 Å². The van der Waals surface area contributed by atoms with Gasteiger partial charge in [0, 0.05) is 64.1 Å². The first-order chi connectivity index (χ1) is 38.4. The number of nitrogens with one attached hydrogen (secondary N) is 5. The van der Waals surface area contributed by atoms with Gasteiger partial charge in [0.25, 0.3) is 0 Å². The smallest absolute Gasteiger partial charge is 0.326 e. The Bertz CT molecular complexity index is 1810. The number of carbonyl (C=O) groups excluding carboxylic acids is 7. The van der Waals surface area contributed by atoms with E-state index in [4.69, 9.17) is 29.8 Å². The second-order valence-corrected chi connectivity index (χ2v) is 19.8. The van der Waals surface area contributed by atoms with Gasteiger partial charge in [-0.15, -0.1) is 0 Å². The maximum atomic E-state index is 12.5. The lowest BCUT2D eigenvalue weighted by Crippen LogP contribution is -2.42. The summed E-state index contributed by atoms with van der Waals surface area (Å²) in [6, 6.07) is -2.57. The van der Waals surface area contributed by atoms with Crippen molar-refractivity contribution in [2.45, 2.75) is 192 Å². The summed E-state index contributed by atoms with van der Waals surface area (Å²) in [5.41, 5.74) is 5.43. The van der Waals surface area contributed by atoms with Crippen molar-refractivity contribution in [1.29, 1.82) is 0 Å². The van der Waals surface area contributed by atoms with Crippen LogP contribution in [0.15, 0.2) is 0 Å². The molecule has 0 spiro atoms. The van der Waals surface area contributed by atoms with Crippen LogP contribution in [0.25, 0.3) is 0 Å². The lowest BCUT2D eigenvalue weighted by Gasteiger charge is -2.16. The van der Waals surface area contributed by atoms with E-state index in [9.17, 15) is 68.1 Å². The SMILES string of the molecule is CC[C@@H](CCCCNC(=O)CC[C@H](NC(=O)CC[C@H](CC(=O)COCCOCCNC(=O)COCCOCCNC(=O)CC[C@H](NC(=O)CCCCCCCCCCCCCCCCC(=O)O)C(=O)O)C(=O)O)C(=O)O)C(=O)CN. The van der Waals surface area contributed by atoms with Gasteiger partial charge in [-0.05, 0) is 51.4 Å². The molecule has 0 bridgehead atoms. The predicted molar refractivity (Wildman–Crippen MR) is 293 cm³/mol. The summed E-state index contributed by atoms with van der Waals surface area (Å²) in [5.74, 6) is -8.82. The van der Waals surface area contributed by atoms with E-state index in [0.29, 0.717) is 38.6 Å². The van der Waals surface area contributed by atoms with Crippen LogP contribution in [0, 0.1) is 11.8 Å². The largest absolute Gasteiger partial charge is 0.481 e. The van der Waals surface area contributed by atoms with Crippen LogP contribution in [-0.4, -0.2) is 177 Å². The third kappa shape index (κ3) is 45.1. The molecule has 0 aliphatic heterocycles. The number of ether oxygens (including phenoxy) is 4. The number of carboxylic acid groups (broad SMARTS) is 4. The van der Waals surface area contributed by atoms with Crippen molar-refractivity contribution in [1.82, 2.24) is 26.6 Å². The molecular formula is C55H96N6O19. The number of nitrogens with two attached hydrogens (primary N) is 1. The molecule has 0 aromatic rings. The van der Waals surface area contributed by atoms with Crippen LogP contribution in [0.2, 0.25) is 0 Å². The zero-order valence-corrected chi connectivity index (χ0v) is 47.4. The number of unbranched alkanes of at least 4 members (excludes halogenated alkanes) is 14. The van der Waals surface area contributed by atoms with Gasteiger partial charge in [0.2, 0.25) is 29.5 Å². The van der Waals surface area contributed by atoms with Gasteiger partial charge in [-0.25, -0.2) is 9.59 Å². The van der Waals surface area contributed by atoms with E-state index in [-0.39, 0.29) is 135 Å². The van der Waals surface area contributed by atoms with E-state index >= 15 is 0 Å². The van der Waals surface area contributed by atoms with Gasteiger partial charge in [-0.1, -0.05) is 90.4 Å². The number of amides is 5. The molecule has 4 atom stereocenters. The lowest BCUT2D eigenvalue weighted by molar-refractivity contribution is -0.145. The molecule has 0 heterocycles. The Hall–Kier alpha value is -5.63. The molecule has 0 unspecified atom stereocenters. The normalized spacial score (nSPS) is 12.6. The van der Waals surface area contributed by atoms with Gasteiger partial charge in [0.05, 0.1) is 52.1 Å². The number of rotatable bonds is 57. The highest BCUT2D eigenvalue weighted by atomic mass is 16.5. The molecule has 0 aromatic carbocycles. The van der Waals surface area contributed by atoms with Crippen LogP contribution in [0.1, 0.15) is 180 Å². The van der Waals surface area contributed by atoms with Crippen LogP contribution in [0.5, 0.6) is 0 Å². The minimum Gasteiger partial charge on any atom is -0.481 e. The maximum absolute atomic E-state index is 12.5. The minimum absolute atomic E-state index is 0.00324. The van der Waals surface area contributed by atoms with Gasteiger partial charge in [0.15, 0.2) is 5.78 Å². The summed E-state index contributed by atoms with van der Waals surface area (Å²) < 4.78 is 21.3. The lowest BCUT2D eigenvalue weighted by atomic mass is 9.94. The highest BCUT2D eigenvalue weighted by Gasteiger charge is 2.26. The number of Topliss-reactive ketones (excluding diaryl/α,β-unsaturated/α-hetero) is 2. The molecule has 5 amide bonds. The van der Waals surface area contributed by atoms with E-state index < -0.39 is 84.3 Å². The monoisotopic (exact) mass is 1140 g/mol. The van der Waals surface area contributed by atoms with E-state index in [0.717, 1.165) is 51.4 Å². The van der Waals surface area contributed by atoms with Crippen molar-refractivity contribution < 1.29 is 92.1 Å². The van der Waals surface area contributed by atoms with E-state index in [1.807, 2.05) is 6.92 Å². The Balaban J connectivity index is 3.98. The summed E-state index contributed by atoms with van der Waals surface area (Å²) in [6.07, 6.45) is 16.3. The Morgan fingerprint density at radius 3 is 1.29 bits per heavy atom. The summed E-state index contributed by atoms with van der Waals surface area (Å²) in [6.45, 7) is 2.46. The molecule has 0 radical (unpaired) electrons. The van der Waals surface area contributed by atoms with Crippen LogP contribution in [0.4, 0.5) is 0 Å². The summed E-state index contributed by atoms with van der Waals surface area (Å²) in [5, 5.41) is 50.1. The van der Waals surface area contributed by atoms with Gasteiger partial charge in [-0.2, -0.15) is 0 Å². The molecule has 25 nitrogen and oxygen atoms in total. The second kappa shape index (κ2) is 50.3. The quantitative estimate of drug-likeness (QED) is 0.0389. The second-order valence-electron chi connectivity index (χ2n) is 19.8. The Labute approximate surface area is 471 Å². The summed E-state index contributed by atoms with van der Waals surface area (Å²) in [4.78, 5) is 131. The van der Waals surface area contributed by atoms with Crippen molar-refractivity contribution in [2.75, 3.05) is 79.0 Å². The molecular weight excluding hydrogens is 1050 g/mol. The standard InChI is InChI=1S/C55H96N6O19/c1-2-41(46(63)38-56)19-17-18-28-57-47(64)26-23-45(55(75)76)61-50(67)25-22-42(53(71)72)37-43(62)39-79-35-33-78-32-30-59-51(68)40-80-36-34-77-31-29-58-48(65)27-24-44(54(73)74)60-49(66)20-15-13-11-9-7-5-3-4-6-8-10-12-14-16-21-52(69)70/h41-42,44-45H,2-40,56H2,1H3,(H,57,64)(H,58,65)(H,59,68)(H,60,66)(H,61,67)(H,69,70)(H,71,72)(H,73,74)(H,75,76)/t41-,42+,44-,45-/m0/s1. The molecule has 460 valence electrons. The third-order valence-electron chi connectivity index (χ3n) is 13.0. The third-order valence-corrected chi connectivity index (χ3v) is 13.0. The molecule has 11 N–H and O–H groups in total. The Morgan fingerprint density at radius 1 is 0.400 bits per heavy atom. The fraction of sp³-hybridized carbons (Fsp3) is 0.800. The first-order valence-electron chi connectivity index (χ1n) is 28.7. The number of carboxylic acids is 4. The number of hydrogen-bond acceptors (Lipinski definition) is 16. The number of aliphatic carboxylic acids is 4. The molecule has 0 aromatic heterocycles. The van der Waals surface area contributed by atoms with Crippen molar-refractivity contribution in [3.63, 3.8) is 0 Å². The van der Waals surface area contributed by atoms with Gasteiger partial charge < -0.3 is 71.7 Å². The average molecular weight is 1150 g/mol. The molecule has 0 fully saturated rings. The van der Waals surface area contributed by atoms with Crippen molar-refractivity contribution in [3.8, 4) is 0 Å². The fourth-order valence-corrected chi connectivity index (χ4v) is 8.28. The van der Waals surface area contributed by atoms with E-state index in [1.54, 1.807) is 0 Å². The van der Waals surface area contributed by atoms with Crippen LogP contribution in [-0.2, 0) is 71.7 Å². The average Bonchev–Trinajstić information content (AvgIpc) is 3.41. The first-order valence-corrected chi connectivity index (χ1v) is 28.7. The minimum atomic E-state index is -1.39. The summed E-state index contributed by atoms with van der Waals surface area (Å²) >= 11 is 0. The Kier molecular flexibility index (Phi) is 46.8. The van der Waals surface area contributed by atoms with Crippen molar-refractivity contribution >= 4 is 65.0 Å². The zero-order valence-electron chi connectivity index (χ0n) is 47.4. The predicted octanol–water partition coefficient (Wildman–Crippen LogP) is 3.59. The van der Waals surface area contributed by atoms with Crippen LogP contribution < -0.4 is 32.3 Å². The summed E-state index contributed by atoms with van der Waals surface area (Å²) in [7, 11) is 0. The van der Waals surface area contributed by atoms with Crippen molar-refractivity contribution in [3.05, 3.63) is 0 Å². The number of carbonyl (C=O) groups is 11. The molecule has 80 heavy (non-hydrogen) atoms.